The van der Waals surface area contributed by atoms with Gasteiger partial charge >= 0.3 is 11.9 Å². The van der Waals surface area contributed by atoms with E-state index in [-0.39, 0.29) is 30.8 Å². The maximum atomic E-state index is 11.5. The number of esters is 2. The molecule has 0 saturated carbocycles. The highest BCUT2D eigenvalue weighted by Gasteiger charge is 2.25. The Hall–Kier alpha value is -1.66. The molecule has 114 valence electrons. The third-order valence-corrected chi connectivity index (χ3v) is 2.42. The van der Waals surface area contributed by atoms with Crippen LogP contribution in [0.25, 0.3) is 0 Å². The van der Waals surface area contributed by atoms with Crippen molar-refractivity contribution in [2.45, 2.75) is 38.9 Å². The third-order valence-electron chi connectivity index (χ3n) is 2.42. The summed E-state index contributed by atoms with van der Waals surface area (Å²) in [6.45, 7) is 9.44. The summed E-state index contributed by atoms with van der Waals surface area (Å²) in [6.07, 6.45) is -1.48. The van der Waals surface area contributed by atoms with Crippen LogP contribution < -0.4 is 0 Å². The second kappa shape index (κ2) is 9.28. The van der Waals surface area contributed by atoms with Crippen molar-refractivity contribution < 1.29 is 29.3 Å². The highest BCUT2D eigenvalue weighted by atomic mass is 16.6. The fourth-order valence-corrected chi connectivity index (χ4v) is 1.23. The van der Waals surface area contributed by atoms with Crippen LogP contribution >= 0.6 is 0 Å². The van der Waals surface area contributed by atoms with Crippen molar-refractivity contribution in [3.05, 3.63) is 24.3 Å². The molecule has 2 unspecified atom stereocenters. The van der Waals surface area contributed by atoms with E-state index in [1.165, 1.54) is 13.8 Å². The van der Waals surface area contributed by atoms with Crippen LogP contribution in [0.2, 0.25) is 0 Å². The Kier molecular flexibility index (Phi) is 8.51. The molecule has 0 spiro atoms. The number of carbonyl (C=O) groups excluding carboxylic acids is 2. The first-order valence-electron chi connectivity index (χ1n) is 6.27. The number of carbonyl (C=O) groups is 2. The average molecular weight is 286 g/mol. The second-order valence-electron chi connectivity index (χ2n) is 4.54. The highest BCUT2D eigenvalue weighted by Crippen LogP contribution is 2.10. The van der Waals surface area contributed by atoms with Crippen molar-refractivity contribution in [2.24, 2.45) is 0 Å². The fraction of sp³-hybridized carbons (Fsp3) is 0.571. The molecule has 0 aliphatic carbocycles. The fourth-order valence-electron chi connectivity index (χ4n) is 1.23. The number of hydrogen-bond donors (Lipinski definition) is 2. The van der Waals surface area contributed by atoms with Crippen LogP contribution in [0, 0.1) is 0 Å². The minimum absolute atomic E-state index is 0.0935. The summed E-state index contributed by atoms with van der Waals surface area (Å²) in [5.74, 6) is -1.31. The van der Waals surface area contributed by atoms with Crippen molar-refractivity contribution in [3.8, 4) is 0 Å². The van der Waals surface area contributed by atoms with Crippen LogP contribution in [0.15, 0.2) is 24.3 Å². The topological polar surface area (TPSA) is 93.1 Å². The van der Waals surface area contributed by atoms with Gasteiger partial charge in [-0.25, -0.2) is 9.59 Å². The summed E-state index contributed by atoms with van der Waals surface area (Å²) < 4.78 is 9.90. The van der Waals surface area contributed by atoms with Gasteiger partial charge in [-0.2, -0.15) is 0 Å². The standard InChI is InChI=1S/C14H22O6/c1-9(2)13(17)19-8-12(11(16)6-5-7-15)20-14(18)10(3)4/h11-12,15-16H,1,3,5-8H2,2,4H3. The van der Waals surface area contributed by atoms with E-state index in [1.807, 2.05) is 0 Å². The molecule has 0 heterocycles. The zero-order valence-electron chi connectivity index (χ0n) is 11.9. The van der Waals surface area contributed by atoms with Crippen molar-refractivity contribution in [1.29, 1.82) is 0 Å². The Balaban J connectivity index is 4.60. The highest BCUT2D eigenvalue weighted by molar-refractivity contribution is 5.87. The normalized spacial score (nSPS) is 13.2. The van der Waals surface area contributed by atoms with E-state index >= 15 is 0 Å². The van der Waals surface area contributed by atoms with Crippen molar-refractivity contribution in [1.82, 2.24) is 0 Å². The monoisotopic (exact) mass is 286 g/mol. The molecule has 20 heavy (non-hydrogen) atoms. The molecule has 0 bridgehead atoms. The number of aliphatic hydroxyl groups is 2. The van der Waals surface area contributed by atoms with Gasteiger partial charge in [0.15, 0.2) is 6.10 Å². The number of rotatable bonds is 9. The molecule has 0 saturated heterocycles. The van der Waals surface area contributed by atoms with Gasteiger partial charge in [0, 0.05) is 17.8 Å². The first-order valence-corrected chi connectivity index (χ1v) is 6.27. The van der Waals surface area contributed by atoms with Crippen LogP contribution in [0.1, 0.15) is 26.7 Å². The molecule has 0 aromatic rings. The molecule has 0 fully saturated rings. The van der Waals surface area contributed by atoms with Gasteiger partial charge in [-0.3, -0.25) is 0 Å². The van der Waals surface area contributed by atoms with Crippen molar-refractivity contribution in [3.63, 3.8) is 0 Å². The lowest BCUT2D eigenvalue weighted by Crippen LogP contribution is -2.36. The van der Waals surface area contributed by atoms with Gasteiger partial charge in [0.2, 0.25) is 0 Å². The molecule has 0 rings (SSSR count). The van der Waals surface area contributed by atoms with Gasteiger partial charge in [0.1, 0.15) is 6.61 Å². The molecule has 6 heteroatoms. The number of ether oxygens (including phenoxy) is 2. The Morgan fingerprint density at radius 1 is 1.15 bits per heavy atom. The lowest BCUT2D eigenvalue weighted by molar-refractivity contribution is -0.161. The average Bonchev–Trinajstić information content (AvgIpc) is 2.39. The van der Waals surface area contributed by atoms with E-state index < -0.39 is 24.1 Å². The predicted octanol–water partition coefficient (Wildman–Crippen LogP) is 0.727. The van der Waals surface area contributed by atoms with E-state index in [0.717, 1.165) is 0 Å². The third kappa shape index (κ3) is 7.06. The van der Waals surface area contributed by atoms with Gasteiger partial charge < -0.3 is 19.7 Å². The zero-order valence-corrected chi connectivity index (χ0v) is 11.9. The van der Waals surface area contributed by atoms with Crippen LogP contribution in [-0.2, 0) is 19.1 Å². The minimum Gasteiger partial charge on any atom is -0.458 e. The van der Waals surface area contributed by atoms with Crippen molar-refractivity contribution >= 4 is 11.9 Å². The largest absolute Gasteiger partial charge is 0.458 e. The zero-order chi connectivity index (χ0) is 15.7. The van der Waals surface area contributed by atoms with Gasteiger partial charge in [-0.1, -0.05) is 13.2 Å². The Morgan fingerprint density at radius 2 is 1.70 bits per heavy atom. The Bertz CT molecular complexity index is 374. The quantitative estimate of drug-likeness (QED) is 0.479. The maximum Gasteiger partial charge on any atom is 0.333 e. The summed E-state index contributed by atoms with van der Waals surface area (Å²) in [4.78, 5) is 22.8. The first kappa shape index (κ1) is 18.3. The molecule has 0 amide bonds. The van der Waals surface area contributed by atoms with Crippen molar-refractivity contribution in [2.75, 3.05) is 13.2 Å². The van der Waals surface area contributed by atoms with E-state index in [1.54, 1.807) is 0 Å². The molecule has 0 aliphatic rings. The predicted molar refractivity (Wildman–Crippen MR) is 72.8 cm³/mol. The van der Waals surface area contributed by atoms with Gasteiger partial charge in [-0.15, -0.1) is 0 Å². The van der Waals surface area contributed by atoms with Crippen LogP contribution in [-0.4, -0.2) is 47.6 Å². The molecule has 2 atom stereocenters. The van der Waals surface area contributed by atoms with E-state index in [2.05, 4.69) is 13.2 Å². The SMILES string of the molecule is C=C(C)C(=O)OCC(OC(=O)C(=C)C)C(O)CCCO. The number of aliphatic hydroxyl groups excluding tert-OH is 2. The molecule has 0 aromatic heterocycles. The lowest BCUT2D eigenvalue weighted by Gasteiger charge is -2.23. The molecular formula is C14H22O6. The van der Waals surface area contributed by atoms with E-state index in [4.69, 9.17) is 14.6 Å². The summed E-state index contributed by atoms with van der Waals surface area (Å²) in [5.41, 5.74) is 0.385. The molecule has 0 aliphatic heterocycles. The lowest BCUT2D eigenvalue weighted by atomic mass is 10.1. The van der Waals surface area contributed by atoms with Gasteiger partial charge in [0.25, 0.3) is 0 Å². The van der Waals surface area contributed by atoms with E-state index in [0.29, 0.717) is 6.42 Å². The summed E-state index contributed by atoms with van der Waals surface area (Å²) in [6, 6.07) is 0. The Morgan fingerprint density at radius 3 is 2.15 bits per heavy atom. The van der Waals surface area contributed by atoms with Gasteiger partial charge in [-0.05, 0) is 26.7 Å². The molecule has 0 aromatic carbocycles. The molecule has 0 radical (unpaired) electrons. The second-order valence-corrected chi connectivity index (χ2v) is 4.54. The smallest absolute Gasteiger partial charge is 0.333 e. The summed E-state index contributed by atoms with van der Waals surface area (Å²) in [7, 11) is 0. The van der Waals surface area contributed by atoms with Gasteiger partial charge in [0.05, 0.1) is 6.10 Å². The maximum absolute atomic E-state index is 11.5. The van der Waals surface area contributed by atoms with Crippen LogP contribution in [0.5, 0.6) is 0 Å². The van der Waals surface area contributed by atoms with E-state index in [9.17, 15) is 14.7 Å². The minimum atomic E-state index is -1.04. The van der Waals surface area contributed by atoms with Crippen LogP contribution in [0.3, 0.4) is 0 Å². The number of hydrogen-bond acceptors (Lipinski definition) is 6. The van der Waals surface area contributed by atoms with Crippen LogP contribution in [0.4, 0.5) is 0 Å². The first-order chi connectivity index (χ1) is 9.29. The molecule has 6 nitrogen and oxygen atoms in total. The molecule has 2 N–H and O–H groups in total. The summed E-state index contributed by atoms with van der Waals surface area (Å²) >= 11 is 0. The summed E-state index contributed by atoms with van der Waals surface area (Å²) in [5, 5.41) is 18.6. The Labute approximate surface area is 118 Å². The molecular weight excluding hydrogens is 264 g/mol.